The SMILES string of the molecule is NCCNC1CCC(=O)NC1=O. The Morgan fingerprint density at radius 3 is 2.92 bits per heavy atom. The van der Waals surface area contributed by atoms with E-state index in [9.17, 15) is 9.59 Å². The van der Waals surface area contributed by atoms with E-state index in [-0.39, 0.29) is 17.9 Å². The van der Waals surface area contributed by atoms with Crippen molar-refractivity contribution in [1.82, 2.24) is 10.6 Å². The first-order valence-electron chi connectivity index (χ1n) is 4.01. The van der Waals surface area contributed by atoms with E-state index in [0.29, 0.717) is 25.9 Å². The van der Waals surface area contributed by atoms with Gasteiger partial charge >= 0.3 is 0 Å². The third-order valence-electron chi connectivity index (χ3n) is 1.77. The molecular formula is C7H13N3O2. The van der Waals surface area contributed by atoms with Crippen LogP contribution in [-0.2, 0) is 9.59 Å². The highest BCUT2D eigenvalue weighted by Crippen LogP contribution is 2.03. The summed E-state index contributed by atoms with van der Waals surface area (Å²) >= 11 is 0. The normalized spacial score (nSPS) is 23.9. The van der Waals surface area contributed by atoms with Crippen molar-refractivity contribution in [2.75, 3.05) is 13.1 Å². The molecule has 0 radical (unpaired) electrons. The molecule has 0 saturated carbocycles. The van der Waals surface area contributed by atoms with Crippen LogP contribution in [0.3, 0.4) is 0 Å². The molecule has 1 heterocycles. The Kier molecular flexibility index (Phi) is 3.19. The summed E-state index contributed by atoms with van der Waals surface area (Å²) < 4.78 is 0. The van der Waals surface area contributed by atoms with Crippen molar-refractivity contribution in [3.63, 3.8) is 0 Å². The standard InChI is InChI=1S/C7H13N3O2/c8-3-4-9-5-1-2-6(11)10-7(5)12/h5,9H,1-4,8H2,(H,10,11,12). The van der Waals surface area contributed by atoms with Gasteiger partial charge in [-0.15, -0.1) is 0 Å². The molecule has 0 bridgehead atoms. The fraction of sp³-hybridized carbons (Fsp3) is 0.714. The first-order valence-corrected chi connectivity index (χ1v) is 4.01. The maximum absolute atomic E-state index is 11.1. The van der Waals surface area contributed by atoms with E-state index in [1.807, 2.05) is 0 Å². The molecule has 0 spiro atoms. The zero-order chi connectivity index (χ0) is 8.97. The van der Waals surface area contributed by atoms with Gasteiger partial charge in [0.2, 0.25) is 11.8 Å². The highest BCUT2D eigenvalue weighted by molar-refractivity contribution is 6.00. The van der Waals surface area contributed by atoms with Crippen LogP contribution < -0.4 is 16.4 Å². The smallest absolute Gasteiger partial charge is 0.243 e. The molecule has 12 heavy (non-hydrogen) atoms. The summed E-state index contributed by atoms with van der Waals surface area (Å²) in [6.07, 6.45) is 0.985. The van der Waals surface area contributed by atoms with Gasteiger partial charge in [0.25, 0.3) is 0 Å². The van der Waals surface area contributed by atoms with Crippen molar-refractivity contribution in [1.29, 1.82) is 0 Å². The summed E-state index contributed by atoms with van der Waals surface area (Å²) in [5.74, 6) is -0.425. The number of amides is 2. The van der Waals surface area contributed by atoms with Crippen LogP contribution in [-0.4, -0.2) is 30.9 Å². The second kappa shape index (κ2) is 4.18. The van der Waals surface area contributed by atoms with Crippen LogP contribution in [0.5, 0.6) is 0 Å². The average molecular weight is 171 g/mol. The first kappa shape index (κ1) is 9.15. The molecule has 5 nitrogen and oxygen atoms in total. The monoisotopic (exact) mass is 171 g/mol. The van der Waals surface area contributed by atoms with Gasteiger partial charge < -0.3 is 11.1 Å². The molecule has 1 fully saturated rings. The maximum atomic E-state index is 11.1. The molecule has 68 valence electrons. The van der Waals surface area contributed by atoms with Gasteiger partial charge in [-0.2, -0.15) is 0 Å². The van der Waals surface area contributed by atoms with E-state index < -0.39 is 0 Å². The Morgan fingerprint density at radius 1 is 1.58 bits per heavy atom. The van der Waals surface area contributed by atoms with E-state index in [1.54, 1.807) is 0 Å². The van der Waals surface area contributed by atoms with Crippen molar-refractivity contribution in [3.05, 3.63) is 0 Å². The molecule has 0 aromatic rings. The van der Waals surface area contributed by atoms with Gasteiger partial charge in [0.1, 0.15) is 0 Å². The molecule has 1 atom stereocenters. The molecule has 1 aliphatic rings. The summed E-state index contributed by atoms with van der Waals surface area (Å²) in [6.45, 7) is 1.10. The van der Waals surface area contributed by atoms with Crippen molar-refractivity contribution < 1.29 is 9.59 Å². The molecule has 0 aromatic heterocycles. The van der Waals surface area contributed by atoms with Crippen molar-refractivity contribution >= 4 is 11.8 Å². The van der Waals surface area contributed by atoms with Gasteiger partial charge in [0, 0.05) is 19.5 Å². The number of piperidine rings is 1. The van der Waals surface area contributed by atoms with Crippen molar-refractivity contribution in [2.24, 2.45) is 5.73 Å². The summed E-state index contributed by atoms with van der Waals surface area (Å²) in [5, 5.41) is 5.21. The molecule has 1 unspecified atom stereocenters. The number of hydrogen-bond acceptors (Lipinski definition) is 4. The minimum Gasteiger partial charge on any atom is -0.329 e. The fourth-order valence-corrected chi connectivity index (χ4v) is 1.15. The van der Waals surface area contributed by atoms with Crippen LogP contribution in [0.2, 0.25) is 0 Å². The summed E-state index contributed by atoms with van der Waals surface area (Å²) in [7, 11) is 0. The van der Waals surface area contributed by atoms with Crippen LogP contribution in [0.4, 0.5) is 0 Å². The number of nitrogens with one attached hydrogen (secondary N) is 2. The van der Waals surface area contributed by atoms with E-state index in [4.69, 9.17) is 5.73 Å². The average Bonchev–Trinajstić information content (AvgIpc) is 2.03. The van der Waals surface area contributed by atoms with Gasteiger partial charge in [0.15, 0.2) is 0 Å². The molecule has 0 aliphatic carbocycles. The highest BCUT2D eigenvalue weighted by Gasteiger charge is 2.25. The van der Waals surface area contributed by atoms with Gasteiger partial charge in [-0.1, -0.05) is 0 Å². The number of imide groups is 1. The Morgan fingerprint density at radius 2 is 2.33 bits per heavy atom. The van der Waals surface area contributed by atoms with Gasteiger partial charge in [0.05, 0.1) is 6.04 Å². The van der Waals surface area contributed by atoms with Crippen LogP contribution in [0.1, 0.15) is 12.8 Å². The van der Waals surface area contributed by atoms with Crippen molar-refractivity contribution in [2.45, 2.75) is 18.9 Å². The van der Waals surface area contributed by atoms with E-state index in [1.165, 1.54) is 0 Å². The molecule has 1 saturated heterocycles. The van der Waals surface area contributed by atoms with Crippen molar-refractivity contribution in [3.8, 4) is 0 Å². The Bertz CT molecular complexity index is 193. The predicted molar refractivity (Wildman–Crippen MR) is 43.2 cm³/mol. The largest absolute Gasteiger partial charge is 0.329 e. The van der Waals surface area contributed by atoms with Crippen LogP contribution >= 0.6 is 0 Å². The highest BCUT2D eigenvalue weighted by atomic mass is 16.2. The maximum Gasteiger partial charge on any atom is 0.243 e. The van der Waals surface area contributed by atoms with Crippen LogP contribution in [0.25, 0.3) is 0 Å². The lowest BCUT2D eigenvalue weighted by Crippen LogP contribution is -2.51. The molecule has 1 aliphatic heterocycles. The zero-order valence-electron chi connectivity index (χ0n) is 6.80. The number of carbonyl (C=O) groups excluding carboxylic acids is 2. The van der Waals surface area contributed by atoms with Gasteiger partial charge in [-0.25, -0.2) is 0 Å². The topological polar surface area (TPSA) is 84.2 Å². The van der Waals surface area contributed by atoms with E-state index in [0.717, 1.165) is 0 Å². The van der Waals surface area contributed by atoms with Crippen LogP contribution in [0, 0.1) is 0 Å². The summed E-state index contributed by atoms with van der Waals surface area (Å²) in [5.41, 5.74) is 5.26. The third-order valence-corrected chi connectivity index (χ3v) is 1.77. The molecule has 5 heteroatoms. The lowest BCUT2D eigenvalue weighted by Gasteiger charge is -2.21. The minimum absolute atomic E-state index is 0.189. The molecule has 2 amide bonds. The number of carbonyl (C=O) groups is 2. The molecule has 1 rings (SSSR count). The van der Waals surface area contributed by atoms with E-state index >= 15 is 0 Å². The van der Waals surface area contributed by atoms with E-state index in [2.05, 4.69) is 10.6 Å². The Balaban J connectivity index is 2.35. The second-order valence-electron chi connectivity index (χ2n) is 2.75. The molecular weight excluding hydrogens is 158 g/mol. The lowest BCUT2D eigenvalue weighted by atomic mass is 10.1. The van der Waals surface area contributed by atoms with Gasteiger partial charge in [-0.3, -0.25) is 14.9 Å². The zero-order valence-corrected chi connectivity index (χ0v) is 6.80. The number of rotatable bonds is 3. The van der Waals surface area contributed by atoms with Crippen LogP contribution in [0.15, 0.2) is 0 Å². The summed E-state index contributed by atoms with van der Waals surface area (Å²) in [4.78, 5) is 21.8. The number of nitrogens with two attached hydrogens (primary N) is 1. The van der Waals surface area contributed by atoms with Gasteiger partial charge in [-0.05, 0) is 6.42 Å². The first-order chi connectivity index (χ1) is 5.74. The second-order valence-corrected chi connectivity index (χ2v) is 2.75. The Hall–Kier alpha value is -0.940. The number of hydrogen-bond donors (Lipinski definition) is 3. The lowest BCUT2D eigenvalue weighted by molar-refractivity contribution is -0.134. The molecule has 0 aromatic carbocycles. The Labute approximate surface area is 70.7 Å². The summed E-state index contributed by atoms with van der Waals surface area (Å²) in [6, 6.07) is -0.244. The minimum atomic E-state index is -0.244. The fourth-order valence-electron chi connectivity index (χ4n) is 1.15. The predicted octanol–water partition coefficient (Wildman–Crippen LogP) is -1.66. The quantitative estimate of drug-likeness (QED) is 0.444. The molecule has 4 N–H and O–H groups in total. The third kappa shape index (κ3) is 2.28.